The van der Waals surface area contributed by atoms with Crippen molar-refractivity contribution in [1.29, 1.82) is 0 Å². The lowest BCUT2D eigenvalue weighted by Gasteiger charge is -2.29. The molecule has 1 aromatic rings. The molecule has 130 valence electrons. The molecule has 5 heteroatoms. The van der Waals surface area contributed by atoms with Gasteiger partial charge in [0.1, 0.15) is 11.5 Å². The maximum atomic E-state index is 12.3. The lowest BCUT2D eigenvalue weighted by molar-refractivity contribution is -0.117. The molecule has 1 aliphatic carbocycles. The van der Waals surface area contributed by atoms with Crippen LogP contribution in [0.25, 0.3) is 0 Å². The highest BCUT2D eigenvalue weighted by Gasteiger charge is 2.34. The van der Waals surface area contributed by atoms with E-state index in [1.54, 1.807) is 31.2 Å². The lowest BCUT2D eigenvalue weighted by Crippen LogP contribution is -2.29. The van der Waals surface area contributed by atoms with Crippen molar-refractivity contribution in [3.63, 3.8) is 0 Å². The molecule has 1 atom stereocenters. The lowest BCUT2D eigenvalue weighted by atomic mass is 9.75. The Bertz CT molecular complexity index is 671. The van der Waals surface area contributed by atoms with Crippen LogP contribution in [0.4, 0.5) is 0 Å². The topological polar surface area (TPSA) is 90.1 Å². The van der Waals surface area contributed by atoms with Crippen LogP contribution in [-0.4, -0.2) is 39.5 Å². The first-order valence-corrected chi connectivity index (χ1v) is 8.11. The Balaban J connectivity index is 2.21. The van der Waals surface area contributed by atoms with Crippen LogP contribution < -0.4 is 0 Å². The van der Waals surface area contributed by atoms with Crippen molar-refractivity contribution in [2.75, 3.05) is 6.61 Å². The molecule has 3 N–H and O–H groups in total. The molecule has 0 spiro atoms. The summed E-state index contributed by atoms with van der Waals surface area (Å²) < 4.78 is 0. The van der Waals surface area contributed by atoms with Gasteiger partial charge in [0.05, 0.1) is 18.2 Å². The SMILES string of the molecule is CC(=N[C@@H](CO)Cc1ccc(O)cc1)C1=C(O)CC(C)(C)CC1=O. The molecule has 0 radical (unpaired) electrons. The van der Waals surface area contributed by atoms with Gasteiger partial charge >= 0.3 is 0 Å². The number of carbonyl (C=O) groups is 1. The molecule has 5 nitrogen and oxygen atoms in total. The maximum absolute atomic E-state index is 12.3. The van der Waals surface area contributed by atoms with Gasteiger partial charge in [-0.3, -0.25) is 9.79 Å². The summed E-state index contributed by atoms with van der Waals surface area (Å²) in [5, 5.41) is 29.1. The molecule has 0 unspecified atom stereocenters. The summed E-state index contributed by atoms with van der Waals surface area (Å²) >= 11 is 0. The number of phenolic OH excluding ortho intramolecular Hbond substituents is 1. The fourth-order valence-electron chi connectivity index (χ4n) is 3.09. The van der Waals surface area contributed by atoms with Gasteiger partial charge in [0.15, 0.2) is 5.78 Å². The molecule has 1 aliphatic rings. The van der Waals surface area contributed by atoms with Gasteiger partial charge in [0.25, 0.3) is 0 Å². The smallest absolute Gasteiger partial charge is 0.168 e. The predicted octanol–water partition coefficient (Wildman–Crippen LogP) is 2.96. The van der Waals surface area contributed by atoms with Crippen LogP contribution in [-0.2, 0) is 11.2 Å². The Kier molecular flexibility index (Phi) is 5.44. The van der Waals surface area contributed by atoms with Crippen molar-refractivity contribution < 1.29 is 20.1 Å². The second-order valence-corrected chi connectivity index (χ2v) is 7.18. The second-order valence-electron chi connectivity index (χ2n) is 7.18. The molecular weight excluding hydrogens is 306 g/mol. The van der Waals surface area contributed by atoms with E-state index in [1.807, 2.05) is 13.8 Å². The standard InChI is InChI=1S/C19H25NO4/c1-12(18-16(23)9-19(2,3)10-17(18)24)20-14(11-21)8-13-4-6-15(22)7-5-13/h4-7,14,21-23H,8-11H2,1-3H3/t14-/m1/s1. The maximum Gasteiger partial charge on any atom is 0.168 e. The van der Waals surface area contributed by atoms with Gasteiger partial charge in [-0.2, -0.15) is 0 Å². The number of aliphatic hydroxyl groups excluding tert-OH is 2. The molecule has 0 aromatic heterocycles. The van der Waals surface area contributed by atoms with Gasteiger partial charge < -0.3 is 15.3 Å². The largest absolute Gasteiger partial charge is 0.511 e. The van der Waals surface area contributed by atoms with Crippen LogP contribution in [0.1, 0.15) is 39.2 Å². The van der Waals surface area contributed by atoms with Crippen LogP contribution in [0.2, 0.25) is 0 Å². The summed E-state index contributed by atoms with van der Waals surface area (Å²) in [6.45, 7) is 5.44. The summed E-state index contributed by atoms with van der Waals surface area (Å²) in [5.74, 6) is 0.162. The normalized spacial score (nSPS) is 19.5. The quantitative estimate of drug-likeness (QED) is 0.724. The fraction of sp³-hybridized carbons (Fsp3) is 0.474. The number of hydrogen-bond donors (Lipinski definition) is 3. The highest BCUT2D eigenvalue weighted by atomic mass is 16.3. The van der Waals surface area contributed by atoms with E-state index < -0.39 is 6.04 Å². The van der Waals surface area contributed by atoms with Crippen molar-refractivity contribution in [3.8, 4) is 5.75 Å². The summed E-state index contributed by atoms with van der Waals surface area (Å²) in [6.07, 6.45) is 1.31. The zero-order chi connectivity index (χ0) is 17.9. The van der Waals surface area contributed by atoms with E-state index in [1.165, 1.54) is 0 Å². The van der Waals surface area contributed by atoms with Gasteiger partial charge in [-0.1, -0.05) is 26.0 Å². The monoisotopic (exact) mass is 331 g/mol. The molecule has 1 aromatic carbocycles. The van der Waals surface area contributed by atoms with Crippen molar-refractivity contribution in [2.45, 2.75) is 46.1 Å². The Hall–Kier alpha value is -2.14. The average Bonchev–Trinajstić information content (AvgIpc) is 2.46. The van der Waals surface area contributed by atoms with E-state index in [0.29, 0.717) is 30.5 Å². The van der Waals surface area contributed by atoms with Crippen LogP contribution in [0.15, 0.2) is 40.6 Å². The molecule has 0 saturated heterocycles. The molecular formula is C19H25NO4. The van der Waals surface area contributed by atoms with Crippen molar-refractivity contribution >= 4 is 11.5 Å². The Labute approximate surface area is 142 Å². The zero-order valence-corrected chi connectivity index (χ0v) is 14.4. The highest BCUT2D eigenvalue weighted by Crippen LogP contribution is 2.36. The third-order valence-electron chi connectivity index (χ3n) is 4.21. The van der Waals surface area contributed by atoms with Gasteiger partial charge in [0, 0.05) is 18.6 Å². The minimum Gasteiger partial charge on any atom is -0.511 e. The number of rotatable bonds is 5. The number of phenols is 1. The number of hydrogen-bond acceptors (Lipinski definition) is 5. The van der Waals surface area contributed by atoms with E-state index in [9.17, 15) is 20.1 Å². The first kappa shape index (κ1) is 18.2. The van der Waals surface area contributed by atoms with Gasteiger partial charge in [-0.05, 0) is 36.5 Å². The molecule has 24 heavy (non-hydrogen) atoms. The van der Waals surface area contributed by atoms with Gasteiger partial charge in [0.2, 0.25) is 0 Å². The van der Waals surface area contributed by atoms with E-state index in [-0.39, 0.29) is 29.3 Å². The number of aliphatic hydroxyl groups is 2. The second kappa shape index (κ2) is 7.18. The Morgan fingerprint density at radius 3 is 2.38 bits per heavy atom. The van der Waals surface area contributed by atoms with Crippen LogP contribution >= 0.6 is 0 Å². The molecule has 0 heterocycles. The molecule has 0 aliphatic heterocycles. The van der Waals surface area contributed by atoms with Gasteiger partial charge in [-0.25, -0.2) is 0 Å². The van der Waals surface area contributed by atoms with E-state index in [4.69, 9.17) is 0 Å². The number of aliphatic imine (C=N–C) groups is 1. The molecule has 0 amide bonds. The van der Waals surface area contributed by atoms with Crippen molar-refractivity contribution in [2.24, 2.45) is 10.4 Å². The minimum atomic E-state index is -0.405. The van der Waals surface area contributed by atoms with E-state index in [0.717, 1.165) is 5.56 Å². The highest BCUT2D eigenvalue weighted by molar-refractivity contribution is 6.22. The van der Waals surface area contributed by atoms with Crippen molar-refractivity contribution in [3.05, 3.63) is 41.2 Å². The summed E-state index contributed by atoms with van der Waals surface area (Å²) in [4.78, 5) is 16.8. The average molecular weight is 331 g/mol. The third kappa shape index (κ3) is 4.45. The molecule has 2 rings (SSSR count). The van der Waals surface area contributed by atoms with E-state index >= 15 is 0 Å². The number of ketones is 1. The molecule has 0 bridgehead atoms. The predicted molar refractivity (Wildman–Crippen MR) is 93.5 cm³/mol. The summed E-state index contributed by atoms with van der Waals surface area (Å²) in [6, 6.07) is 6.31. The number of Topliss-reactive ketones (excluding diaryl/α,β-unsaturated/α-hetero) is 1. The van der Waals surface area contributed by atoms with Crippen molar-refractivity contribution in [1.82, 2.24) is 0 Å². The van der Waals surface area contributed by atoms with Crippen LogP contribution in [0.5, 0.6) is 5.75 Å². The number of allylic oxidation sites excluding steroid dienone is 2. The number of carbonyl (C=O) groups excluding carboxylic acids is 1. The molecule has 0 saturated carbocycles. The molecule has 0 fully saturated rings. The summed E-state index contributed by atoms with van der Waals surface area (Å²) in [5.41, 5.74) is 1.44. The van der Waals surface area contributed by atoms with E-state index in [2.05, 4.69) is 4.99 Å². The summed E-state index contributed by atoms with van der Waals surface area (Å²) in [7, 11) is 0. The fourth-order valence-corrected chi connectivity index (χ4v) is 3.09. The zero-order valence-electron chi connectivity index (χ0n) is 14.4. The van der Waals surface area contributed by atoms with Gasteiger partial charge in [-0.15, -0.1) is 0 Å². The number of benzene rings is 1. The Morgan fingerprint density at radius 1 is 1.21 bits per heavy atom. The number of nitrogens with zero attached hydrogens (tertiary/aromatic N) is 1. The van der Waals surface area contributed by atoms with Crippen LogP contribution in [0, 0.1) is 5.41 Å². The first-order chi connectivity index (χ1) is 11.2. The Morgan fingerprint density at radius 2 is 1.83 bits per heavy atom. The first-order valence-electron chi connectivity index (χ1n) is 8.11. The minimum absolute atomic E-state index is 0.0822. The number of aromatic hydroxyl groups is 1. The van der Waals surface area contributed by atoms with Crippen LogP contribution in [0.3, 0.4) is 0 Å². The third-order valence-corrected chi connectivity index (χ3v) is 4.21.